The smallest absolute Gasteiger partial charge is 0.350 e. The van der Waals surface area contributed by atoms with Gasteiger partial charge in [0.15, 0.2) is 5.69 Å². The molecule has 0 radical (unpaired) electrons. The van der Waals surface area contributed by atoms with E-state index >= 15 is 0 Å². The van der Waals surface area contributed by atoms with Gasteiger partial charge in [0.05, 0.1) is 12.1 Å². The minimum absolute atomic E-state index is 0.0680. The third-order valence-corrected chi connectivity index (χ3v) is 4.25. The number of aromatic nitrogens is 2. The monoisotopic (exact) mass is 355 g/mol. The number of amides is 1. The summed E-state index contributed by atoms with van der Waals surface area (Å²) in [5, 5.41) is 6.24. The van der Waals surface area contributed by atoms with Crippen LogP contribution in [0, 0.1) is 5.82 Å². The number of nitrogens with zero attached hydrogens (tertiary/aromatic N) is 2. The van der Waals surface area contributed by atoms with Crippen LogP contribution in [0.1, 0.15) is 40.2 Å². The number of nitrogens with one attached hydrogen (secondary N) is 1. The molecule has 1 N–H and O–H groups in total. The van der Waals surface area contributed by atoms with Crippen molar-refractivity contribution in [3.05, 3.63) is 52.6 Å². The molecule has 1 aliphatic rings. The van der Waals surface area contributed by atoms with Gasteiger partial charge in [-0.2, -0.15) is 18.3 Å². The van der Waals surface area contributed by atoms with Gasteiger partial charge < -0.3 is 5.32 Å². The van der Waals surface area contributed by atoms with Crippen molar-refractivity contribution < 1.29 is 22.4 Å². The molecule has 0 saturated heterocycles. The number of carbonyl (C=O) groups excluding carboxylic acids is 1. The lowest BCUT2D eigenvalue weighted by Gasteiger charge is -2.15. The van der Waals surface area contributed by atoms with Crippen molar-refractivity contribution >= 4 is 5.91 Å². The van der Waals surface area contributed by atoms with E-state index in [0.717, 1.165) is 6.42 Å². The van der Waals surface area contributed by atoms with Crippen LogP contribution in [0.4, 0.5) is 17.6 Å². The van der Waals surface area contributed by atoms with Crippen LogP contribution in [0.5, 0.6) is 0 Å². The minimum atomic E-state index is -4.48. The molecular weight excluding hydrogens is 338 g/mol. The summed E-state index contributed by atoms with van der Waals surface area (Å²) in [6, 6.07) is 5.54. The second-order valence-corrected chi connectivity index (χ2v) is 5.94. The molecule has 0 saturated carbocycles. The SMILES string of the molecule is O=C(NCCn1nc(C(F)(F)F)c2c1CCCC2)c1ccccc1F. The molecule has 1 amide bonds. The van der Waals surface area contributed by atoms with Gasteiger partial charge in [0.2, 0.25) is 0 Å². The fourth-order valence-corrected chi connectivity index (χ4v) is 3.10. The fraction of sp³-hybridized carbons (Fsp3) is 0.412. The lowest BCUT2D eigenvalue weighted by atomic mass is 9.95. The van der Waals surface area contributed by atoms with Crippen LogP contribution in [0.2, 0.25) is 0 Å². The van der Waals surface area contributed by atoms with E-state index < -0.39 is 23.6 Å². The molecule has 1 aromatic carbocycles. The zero-order valence-corrected chi connectivity index (χ0v) is 13.4. The lowest BCUT2D eigenvalue weighted by Crippen LogP contribution is -2.28. The highest BCUT2D eigenvalue weighted by atomic mass is 19.4. The van der Waals surface area contributed by atoms with Crippen LogP contribution in [0.15, 0.2) is 24.3 Å². The van der Waals surface area contributed by atoms with Gasteiger partial charge in [0, 0.05) is 17.8 Å². The molecule has 0 spiro atoms. The summed E-state index contributed by atoms with van der Waals surface area (Å²) >= 11 is 0. The number of rotatable bonds is 4. The first-order chi connectivity index (χ1) is 11.9. The van der Waals surface area contributed by atoms with Gasteiger partial charge in [0.25, 0.3) is 5.91 Å². The van der Waals surface area contributed by atoms with Crippen molar-refractivity contribution in [2.75, 3.05) is 6.54 Å². The molecule has 0 aliphatic heterocycles. The van der Waals surface area contributed by atoms with E-state index in [0.29, 0.717) is 25.0 Å². The Bertz CT molecular complexity index is 783. The Morgan fingerprint density at radius 2 is 1.92 bits per heavy atom. The number of hydrogen-bond donors (Lipinski definition) is 1. The maximum atomic E-state index is 13.5. The average Bonchev–Trinajstić information content (AvgIpc) is 2.94. The molecule has 134 valence electrons. The van der Waals surface area contributed by atoms with Crippen LogP contribution in [-0.4, -0.2) is 22.2 Å². The summed E-state index contributed by atoms with van der Waals surface area (Å²) in [7, 11) is 0. The predicted molar refractivity (Wildman–Crippen MR) is 82.6 cm³/mol. The fourth-order valence-electron chi connectivity index (χ4n) is 3.10. The van der Waals surface area contributed by atoms with E-state index in [9.17, 15) is 22.4 Å². The van der Waals surface area contributed by atoms with Crippen molar-refractivity contribution in [2.24, 2.45) is 0 Å². The van der Waals surface area contributed by atoms with Crippen molar-refractivity contribution in [1.82, 2.24) is 15.1 Å². The van der Waals surface area contributed by atoms with E-state index in [-0.39, 0.29) is 24.2 Å². The molecule has 1 aliphatic carbocycles. The van der Waals surface area contributed by atoms with Crippen molar-refractivity contribution in [3.8, 4) is 0 Å². The Labute approximate surface area is 141 Å². The average molecular weight is 355 g/mol. The van der Waals surface area contributed by atoms with Crippen LogP contribution < -0.4 is 5.32 Å². The van der Waals surface area contributed by atoms with Crippen LogP contribution in [-0.2, 0) is 25.6 Å². The molecule has 0 unspecified atom stereocenters. The van der Waals surface area contributed by atoms with Gasteiger partial charge in [0.1, 0.15) is 5.82 Å². The standard InChI is InChI=1S/C17H17F4N3O/c18-13-7-3-1-5-11(13)16(25)22-9-10-24-14-8-4-2-6-12(14)15(23-24)17(19,20)21/h1,3,5,7H,2,4,6,8-10H2,(H,22,25). The number of alkyl halides is 3. The van der Waals surface area contributed by atoms with E-state index in [2.05, 4.69) is 10.4 Å². The Kier molecular flexibility index (Phi) is 4.78. The first-order valence-corrected chi connectivity index (χ1v) is 8.06. The Morgan fingerprint density at radius 1 is 1.20 bits per heavy atom. The molecule has 4 nitrogen and oxygen atoms in total. The topological polar surface area (TPSA) is 46.9 Å². The summed E-state index contributed by atoms with van der Waals surface area (Å²) in [6.07, 6.45) is -2.04. The number of fused-ring (bicyclic) bond motifs is 1. The molecule has 1 aromatic heterocycles. The maximum Gasteiger partial charge on any atom is 0.435 e. The molecule has 2 aromatic rings. The normalized spacial score (nSPS) is 14.2. The molecular formula is C17H17F4N3O. The Morgan fingerprint density at radius 3 is 2.64 bits per heavy atom. The second kappa shape index (κ2) is 6.85. The molecule has 25 heavy (non-hydrogen) atoms. The second-order valence-electron chi connectivity index (χ2n) is 5.94. The van der Waals surface area contributed by atoms with E-state index in [1.54, 1.807) is 0 Å². The van der Waals surface area contributed by atoms with E-state index in [1.807, 2.05) is 0 Å². The highest BCUT2D eigenvalue weighted by Crippen LogP contribution is 2.35. The number of halogens is 4. The minimum Gasteiger partial charge on any atom is -0.350 e. The van der Waals surface area contributed by atoms with Gasteiger partial charge in [-0.25, -0.2) is 4.39 Å². The third kappa shape index (κ3) is 3.67. The molecule has 8 heteroatoms. The zero-order chi connectivity index (χ0) is 18.0. The number of carbonyl (C=O) groups is 1. The molecule has 1 heterocycles. The van der Waals surface area contributed by atoms with Gasteiger partial charge in [-0.3, -0.25) is 9.48 Å². The van der Waals surface area contributed by atoms with Crippen molar-refractivity contribution in [1.29, 1.82) is 0 Å². The first kappa shape index (κ1) is 17.4. The maximum absolute atomic E-state index is 13.5. The van der Waals surface area contributed by atoms with Gasteiger partial charge in [-0.1, -0.05) is 12.1 Å². The summed E-state index contributed by atoms with van der Waals surface area (Å²) in [4.78, 5) is 11.9. The zero-order valence-electron chi connectivity index (χ0n) is 13.4. The van der Waals surface area contributed by atoms with Crippen molar-refractivity contribution in [3.63, 3.8) is 0 Å². The third-order valence-electron chi connectivity index (χ3n) is 4.25. The Balaban J connectivity index is 1.71. The van der Waals surface area contributed by atoms with Crippen molar-refractivity contribution in [2.45, 2.75) is 38.4 Å². The summed E-state index contributed by atoms with van der Waals surface area (Å²) in [6.45, 7) is 0.178. The largest absolute Gasteiger partial charge is 0.435 e. The molecule has 0 bridgehead atoms. The lowest BCUT2D eigenvalue weighted by molar-refractivity contribution is -0.142. The van der Waals surface area contributed by atoms with Gasteiger partial charge in [-0.05, 0) is 37.8 Å². The van der Waals surface area contributed by atoms with Gasteiger partial charge >= 0.3 is 6.18 Å². The summed E-state index contributed by atoms with van der Waals surface area (Å²) < 4.78 is 54.2. The highest BCUT2D eigenvalue weighted by molar-refractivity contribution is 5.94. The van der Waals surface area contributed by atoms with E-state index in [4.69, 9.17) is 0 Å². The number of hydrogen-bond acceptors (Lipinski definition) is 2. The van der Waals surface area contributed by atoms with Gasteiger partial charge in [-0.15, -0.1) is 0 Å². The number of benzene rings is 1. The summed E-state index contributed by atoms with van der Waals surface area (Å²) in [5.41, 5.74) is -0.0819. The van der Waals surface area contributed by atoms with Crippen LogP contribution in [0.25, 0.3) is 0 Å². The summed E-state index contributed by atoms with van der Waals surface area (Å²) in [5.74, 6) is -1.24. The molecule has 0 atom stereocenters. The molecule has 0 fully saturated rings. The van der Waals surface area contributed by atoms with Crippen LogP contribution >= 0.6 is 0 Å². The Hall–Kier alpha value is -2.38. The quantitative estimate of drug-likeness (QED) is 0.855. The highest BCUT2D eigenvalue weighted by Gasteiger charge is 2.39. The predicted octanol–water partition coefficient (Wildman–Crippen LogP) is 3.35. The van der Waals surface area contributed by atoms with E-state index in [1.165, 1.54) is 28.9 Å². The first-order valence-electron chi connectivity index (χ1n) is 8.06. The molecule has 3 rings (SSSR count). The van der Waals surface area contributed by atoms with Crippen LogP contribution in [0.3, 0.4) is 0 Å².